The summed E-state index contributed by atoms with van der Waals surface area (Å²) in [6.45, 7) is 0.667. The Kier molecular flexibility index (Phi) is 7.16. The minimum absolute atomic E-state index is 0.0812. The molecule has 7 nitrogen and oxygen atoms in total. The van der Waals surface area contributed by atoms with Gasteiger partial charge in [0, 0.05) is 25.5 Å². The third-order valence-corrected chi connectivity index (χ3v) is 5.57. The molecule has 11 heteroatoms. The highest BCUT2D eigenvalue weighted by molar-refractivity contribution is 7.92. The van der Waals surface area contributed by atoms with Crippen molar-refractivity contribution in [1.29, 1.82) is 0 Å². The highest BCUT2D eigenvalue weighted by Gasteiger charge is 2.24. The maximum atomic E-state index is 12.2. The van der Waals surface area contributed by atoms with E-state index in [1.807, 2.05) is 10.8 Å². The highest BCUT2D eigenvalue weighted by atomic mass is 35.5. The molecule has 0 saturated heterocycles. The maximum Gasteiger partial charge on any atom is 0.240 e. The van der Waals surface area contributed by atoms with Gasteiger partial charge in [-0.15, -0.1) is 0 Å². The van der Waals surface area contributed by atoms with Crippen molar-refractivity contribution in [3.8, 4) is 0 Å². The monoisotopic (exact) mass is 438 g/mol. The first-order chi connectivity index (χ1) is 12.2. The van der Waals surface area contributed by atoms with E-state index in [1.165, 1.54) is 12.1 Å². The molecule has 0 aliphatic carbocycles. The largest absolute Gasteiger partial charge is 0.354 e. The Morgan fingerprint density at radius 2 is 1.92 bits per heavy atom. The molecule has 1 aromatic heterocycles. The zero-order valence-corrected chi connectivity index (χ0v) is 16.9. The number of carbonyl (C=O) groups is 1. The number of nitrogens with one attached hydrogen (secondary N) is 1. The standard InChI is InChI=1S/C15H17Cl3N4O3S/c1-26(24,25)22(14-8-12(17)11(16)7-13(14)18)9-15(23)20-3-2-5-21-6-4-19-10-21/h4,6-8,10H,2-3,5,9H2,1H3,(H,20,23). The molecule has 1 aromatic carbocycles. The Morgan fingerprint density at radius 1 is 1.23 bits per heavy atom. The Morgan fingerprint density at radius 3 is 2.54 bits per heavy atom. The quantitative estimate of drug-likeness (QED) is 0.506. The van der Waals surface area contributed by atoms with Crippen molar-refractivity contribution < 1.29 is 13.2 Å². The van der Waals surface area contributed by atoms with Crippen LogP contribution in [-0.4, -0.2) is 43.2 Å². The topological polar surface area (TPSA) is 84.3 Å². The molecule has 1 N–H and O–H groups in total. The number of rotatable bonds is 8. The van der Waals surface area contributed by atoms with Crippen molar-refractivity contribution in [2.45, 2.75) is 13.0 Å². The summed E-state index contributed by atoms with van der Waals surface area (Å²) in [5.41, 5.74) is 0.0946. The number of halogens is 3. The van der Waals surface area contributed by atoms with E-state index in [2.05, 4.69) is 10.3 Å². The van der Waals surface area contributed by atoms with E-state index in [-0.39, 0.29) is 20.8 Å². The number of imidazole rings is 1. The number of hydrogen-bond donors (Lipinski definition) is 1. The van der Waals surface area contributed by atoms with Crippen LogP contribution in [0.5, 0.6) is 0 Å². The van der Waals surface area contributed by atoms with E-state index in [0.717, 1.165) is 10.6 Å². The molecule has 1 heterocycles. The number of aryl methyl sites for hydroxylation is 1. The van der Waals surface area contributed by atoms with Gasteiger partial charge in [-0.1, -0.05) is 34.8 Å². The number of carbonyl (C=O) groups excluding carboxylic acids is 1. The lowest BCUT2D eigenvalue weighted by molar-refractivity contribution is -0.119. The van der Waals surface area contributed by atoms with Crippen LogP contribution < -0.4 is 9.62 Å². The summed E-state index contributed by atoms with van der Waals surface area (Å²) in [5, 5.41) is 3.09. The van der Waals surface area contributed by atoms with Gasteiger partial charge in [0.15, 0.2) is 0 Å². The van der Waals surface area contributed by atoms with Crippen LogP contribution in [0, 0.1) is 0 Å². The summed E-state index contributed by atoms with van der Waals surface area (Å²) in [7, 11) is -3.76. The van der Waals surface area contributed by atoms with E-state index in [4.69, 9.17) is 34.8 Å². The van der Waals surface area contributed by atoms with Crippen LogP contribution in [-0.2, 0) is 21.4 Å². The van der Waals surface area contributed by atoms with Crippen molar-refractivity contribution >= 4 is 56.4 Å². The van der Waals surface area contributed by atoms with Gasteiger partial charge in [-0.05, 0) is 18.6 Å². The smallest absolute Gasteiger partial charge is 0.240 e. The zero-order valence-electron chi connectivity index (χ0n) is 13.8. The van der Waals surface area contributed by atoms with Gasteiger partial charge < -0.3 is 9.88 Å². The normalized spacial score (nSPS) is 11.4. The minimum atomic E-state index is -3.76. The fourth-order valence-electron chi connectivity index (χ4n) is 2.18. The minimum Gasteiger partial charge on any atom is -0.354 e. The van der Waals surface area contributed by atoms with Crippen LogP contribution in [0.2, 0.25) is 15.1 Å². The predicted octanol–water partition coefficient (Wildman–Crippen LogP) is 2.82. The summed E-state index contributed by atoms with van der Waals surface area (Å²) in [6.07, 6.45) is 6.83. The maximum absolute atomic E-state index is 12.2. The second-order valence-corrected chi connectivity index (χ2v) is 8.62. The first kappa shape index (κ1) is 20.8. The Hall–Kier alpha value is -1.48. The number of anilines is 1. The third kappa shape index (κ3) is 5.77. The molecule has 0 fully saturated rings. The van der Waals surface area contributed by atoms with E-state index >= 15 is 0 Å². The van der Waals surface area contributed by atoms with Crippen molar-refractivity contribution in [3.05, 3.63) is 45.9 Å². The summed E-state index contributed by atoms with van der Waals surface area (Å²) < 4.78 is 27.0. The fourth-order valence-corrected chi connectivity index (χ4v) is 3.73. The number of aromatic nitrogens is 2. The first-order valence-electron chi connectivity index (χ1n) is 7.53. The molecule has 0 bridgehead atoms. The number of benzene rings is 1. The van der Waals surface area contributed by atoms with Crippen LogP contribution in [0.3, 0.4) is 0 Å². The molecular formula is C15H17Cl3N4O3S. The Bertz CT molecular complexity index is 873. The number of nitrogens with zero attached hydrogens (tertiary/aromatic N) is 3. The molecule has 0 unspecified atom stereocenters. The first-order valence-corrected chi connectivity index (χ1v) is 10.5. The van der Waals surface area contributed by atoms with Gasteiger partial charge >= 0.3 is 0 Å². The van der Waals surface area contributed by atoms with Crippen molar-refractivity contribution in [2.75, 3.05) is 23.7 Å². The van der Waals surface area contributed by atoms with Crippen LogP contribution >= 0.6 is 34.8 Å². The third-order valence-electron chi connectivity index (χ3n) is 3.42. The number of hydrogen-bond acceptors (Lipinski definition) is 4. The molecule has 1 amide bonds. The molecule has 2 aromatic rings. The lowest BCUT2D eigenvalue weighted by atomic mass is 10.3. The Balaban J connectivity index is 2.02. The molecule has 0 radical (unpaired) electrons. The van der Waals surface area contributed by atoms with Crippen LogP contribution in [0.15, 0.2) is 30.9 Å². The summed E-state index contributed by atoms with van der Waals surface area (Å²) in [4.78, 5) is 16.1. The van der Waals surface area contributed by atoms with Gasteiger partial charge in [-0.3, -0.25) is 9.10 Å². The Labute approximate surface area is 166 Å². The van der Waals surface area contributed by atoms with Crippen LogP contribution in [0.25, 0.3) is 0 Å². The van der Waals surface area contributed by atoms with E-state index in [0.29, 0.717) is 19.5 Å². The van der Waals surface area contributed by atoms with Gasteiger partial charge in [-0.2, -0.15) is 0 Å². The van der Waals surface area contributed by atoms with Crippen molar-refractivity contribution in [3.63, 3.8) is 0 Å². The van der Waals surface area contributed by atoms with Crippen LogP contribution in [0.1, 0.15) is 6.42 Å². The number of sulfonamides is 1. The van der Waals surface area contributed by atoms with Gasteiger partial charge in [0.1, 0.15) is 6.54 Å². The molecule has 0 atom stereocenters. The van der Waals surface area contributed by atoms with Crippen LogP contribution in [0.4, 0.5) is 5.69 Å². The molecule has 2 rings (SSSR count). The molecule has 0 aliphatic rings. The summed E-state index contributed by atoms with van der Waals surface area (Å²) in [5.74, 6) is -0.455. The second kappa shape index (κ2) is 8.94. The molecule has 0 aliphatic heterocycles. The lowest BCUT2D eigenvalue weighted by Crippen LogP contribution is -2.41. The fraction of sp³-hybridized carbons (Fsp3) is 0.333. The molecular weight excluding hydrogens is 423 g/mol. The summed E-state index contributed by atoms with van der Waals surface area (Å²) in [6, 6.07) is 2.65. The van der Waals surface area contributed by atoms with Gasteiger partial charge in [0.05, 0.1) is 33.3 Å². The highest BCUT2D eigenvalue weighted by Crippen LogP contribution is 2.35. The van der Waals surface area contributed by atoms with E-state index in [9.17, 15) is 13.2 Å². The SMILES string of the molecule is CS(=O)(=O)N(CC(=O)NCCCn1ccnc1)c1cc(Cl)c(Cl)cc1Cl. The average molecular weight is 440 g/mol. The molecule has 0 spiro atoms. The molecule has 142 valence electrons. The lowest BCUT2D eigenvalue weighted by Gasteiger charge is -2.23. The van der Waals surface area contributed by atoms with E-state index < -0.39 is 22.5 Å². The van der Waals surface area contributed by atoms with Crippen molar-refractivity contribution in [2.24, 2.45) is 0 Å². The van der Waals surface area contributed by atoms with Gasteiger partial charge in [-0.25, -0.2) is 13.4 Å². The van der Waals surface area contributed by atoms with Crippen molar-refractivity contribution in [1.82, 2.24) is 14.9 Å². The average Bonchev–Trinajstić information content (AvgIpc) is 3.05. The summed E-state index contributed by atoms with van der Waals surface area (Å²) >= 11 is 17.9. The van der Waals surface area contributed by atoms with Gasteiger partial charge in [0.25, 0.3) is 0 Å². The van der Waals surface area contributed by atoms with Gasteiger partial charge in [0.2, 0.25) is 15.9 Å². The zero-order chi connectivity index (χ0) is 19.3. The van der Waals surface area contributed by atoms with E-state index in [1.54, 1.807) is 12.5 Å². The predicted molar refractivity (Wildman–Crippen MR) is 104 cm³/mol. The molecule has 26 heavy (non-hydrogen) atoms. The number of amides is 1. The molecule has 0 saturated carbocycles. The second-order valence-electron chi connectivity index (χ2n) is 5.49.